The molecule has 0 aliphatic heterocycles. The summed E-state index contributed by atoms with van der Waals surface area (Å²) in [5.41, 5.74) is -0.217. The maximum atomic E-state index is 12.2. The van der Waals surface area contributed by atoms with Crippen molar-refractivity contribution in [2.45, 2.75) is 13.3 Å². The normalized spacial score (nSPS) is 10.3. The van der Waals surface area contributed by atoms with Crippen molar-refractivity contribution in [2.24, 2.45) is 0 Å². The lowest BCUT2D eigenvalue weighted by Crippen LogP contribution is -2.34. The molecule has 1 amide bonds. The van der Waals surface area contributed by atoms with Gasteiger partial charge in [-0.3, -0.25) is 14.9 Å². The third-order valence-corrected chi connectivity index (χ3v) is 2.95. The summed E-state index contributed by atoms with van der Waals surface area (Å²) in [4.78, 5) is 23.8. The highest BCUT2D eigenvalue weighted by Gasteiger charge is 2.23. The van der Waals surface area contributed by atoms with Gasteiger partial charge in [-0.05, 0) is 12.5 Å². The van der Waals surface area contributed by atoms with Crippen molar-refractivity contribution in [1.29, 1.82) is 0 Å². The number of nitro groups is 1. The Hall–Kier alpha value is -1.66. The standard InChI is InChI=1S/C12H15ClN2O4/c1-2-6-14(7-8-16)12(17)9-4-3-5-10(11(9)13)15(18)19/h3-5,16H,2,6-8H2,1H3. The number of halogens is 1. The molecule has 1 aromatic rings. The number of carbonyl (C=O) groups excluding carboxylic acids is 1. The van der Waals surface area contributed by atoms with Crippen LogP contribution >= 0.6 is 11.6 Å². The van der Waals surface area contributed by atoms with E-state index in [-0.39, 0.29) is 29.4 Å². The molecule has 0 aliphatic carbocycles. The van der Waals surface area contributed by atoms with Gasteiger partial charge >= 0.3 is 0 Å². The topological polar surface area (TPSA) is 83.7 Å². The Bertz CT molecular complexity index is 473. The molecule has 1 N–H and O–H groups in total. The molecular formula is C12H15ClN2O4. The van der Waals surface area contributed by atoms with Crippen LogP contribution < -0.4 is 0 Å². The molecule has 0 unspecified atom stereocenters. The average Bonchev–Trinajstić information content (AvgIpc) is 2.37. The Morgan fingerprint density at radius 1 is 1.47 bits per heavy atom. The summed E-state index contributed by atoms with van der Waals surface area (Å²) in [6, 6.07) is 4.10. The minimum absolute atomic E-state index is 0.0813. The highest BCUT2D eigenvalue weighted by Crippen LogP contribution is 2.28. The number of nitrogens with zero attached hydrogens (tertiary/aromatic N) is 2. The largest absolute Gasteiger partial charge is 0.395 e. The molecule has 0 fully saturated rings. The van der Waals surface area contributed by atoms with Crippen molar-refractivity contribution in [3.05, 3.63) is 38.9 Å². The molecule has 0 spiro atoms. The Morgan fingerprint density at radius 2 is 2.16 bits per heavy atom. The molecule has 0 atom stereocenters. The van der Waals surface area contributed by atoms with Crippen molar-refractivity contribution < 1.29 is 14.8 Å². The maximum absolute atomic E-state index is 12.2. The smallest absolute Gasteiger partial charge is 0.288 e. The predicted molar refractivity (Wildman–Crippen MR) is 71.4 cm³/mol. The summed E-state index contributed by atoms with van der Waals surface area (Å²) in [7, 11) is 0. The molecule has 0 aliphatic rings. The van der Waals surface area contributed by atoms with E-state index in [1.165, 1.54) is 23.1 Å². The zero-order chi connectivity index (χ0) is 14.4. The molecule has 19 heavy (non-hydrogen) atoms. The quantitative estimate of drug-likeness (QED) is 0.641. The van der Waals surface area contributed by atoms with Crippen LogP contribution in [0.2, 0.25) is 5.02 Å². The Kier molecular flexibility index (Phi) is 5.72. The van der Waals surface area contributed by atoms with Gasteiger partial charge in [0.2, 0.25) is 0 Å². The van der Waals surface area contributed by atoms with Gasteiger partial charge in [0.15, 0.2) is 0 Å². The van der Waals surface area contributed by atoms with E-state index in [1.54, 1.807) is 0 Å². The van der Waals surface area contributed by atoms with Crippen LogP contribution in [0.1, 0.15) is 23.7 Å². The molecule has 0 radical (unpaired) electrons. The first-order valence-corrected chi connectivity index (χ1v) is 6.23. The van der Waals surface area contributed by atoms with E-state index < -0.39 is 10.8 Å². The number of rotatable bonds is 6. The molecular weight excluding hydrogens is 272 g/mol. The second kappa shape index (κ2) is 7.06. The van der Waals surface area contributed by atoms with Crippen LogP contribution in [0, 0.1) is 10.1 Å². The van der Waals surface area contributed by atoms with Gasteiger partial charge in [-0.2, -0.15) is 0 Å². The molecule has 0 saturated heterocycles. The first-order chi connectivity index (χ1) is 9.02. The number of carbonyl (C=O) groups is 1. The van der Waals surface area contributed by atoms with Gasteiger partial charge in [-0.15, -0.1) is 0 Å². The van der Waals surface area contributed by atoms with Crippen LogP contribution in [0.15, 0.2) is 18.2 Å². The lowest BCUT2D eigenvalue weighted by molar-refractivity contribution is -0.384. The molecule has 1 rings (SSSR count). The maximum Gasteiger partial charge on any atom is 0.288 e. The highest BCUT2D eigenvalue weighted by molar-refractivity contribution is 6.35. The highest BCUT2D eigenvalue weighted by atomic mass is 35.5. The zero-order valence-electron chi connectivity index (χ0n) is 10.5. The minimum Gasteiger partial charge on any atom is -0.395 e. The second-order valence-corrected chi connectivity index (χ2v) is 4.29. The summed E-state index contributed by atoms with van der Waals surface area (Å²) < 4.78 is 0. The number of amides is 1. The first-order valence-electron chi connectivity index (χ1n) is 5.86. The zero-order valence-corrected chi connectivity index (χ0v) is 11.3. The molecule has 0 aromatic heterocycles. The fraction of sp³-hybridized carbons (Fsp3) is 0.417. The van der Waals surface area contributed by atoms with Crippen LogP contribution in [-0.2, 0) is 0 Å². The third kappa shape index (κ3) is 3.65. The van der Waals surface area contributed by atoms with Gasteiger partial charge < -0.3 is 10.0 Å². The fourth-order valence-electron chi connectivity index (χ4n) is 1.70. The summed E-state index contributed by atoms with van der Waals surface area (Å²) in [6.07, 6.45) is 0.721. The summed E-state index contributed by atoms with van der Waals surface area (Å²) in [5, 5.41) is 19.5. The van der Waals surface area contributed by atoms with Gasteiger partial charge in [0.1, 0.15) is 5.02 Å². The van der Waals surface area contributed by atoms with Crippen molar-refractivity contribution in [2.75, 3.05) is 19.7 Å². The van der Waals surface area contributed by atoms with Crippen molar-refractivity contribution >= 4 is 23.2 Å². The lowest BCUT2D eigenvalue weighted by Gasteiger charge is -2.21. The fourth-order valence-corrected chi connectivity index (χ4v) is 1.98. The number of hydrogen-bond donors (Lipinski definition) is 1. The van der Waals surface area contributed by atoms with Gasteiger partial charge in [0.25, 0.3) is 11.6 Å². The number of hydrogen-bond acceptors (Lipinski definition) is 4. The minimum atomic E-state index is -0.630. The summed E-state index contributed by atoms with van der Waals surface area (Å²) in [5.74, 6) is -0.412. The van der Waals surface area contributed by atoms with Crippen LogP contribution in [-0.4, -0.2) is 40.5 Å². The van der Waals surface area contributed by atoms with Crippen LogP contribution in [0.5, 0.6) is 0 Å². The van der Waals surface area contributed by atoms with E-state index in [2.05, 4.69) is 0 Å². The summed E-state index contributed by atoms with van der Waals surface area (Å²) >= 11 is 5.89. The van der Waals surface area contributed by atoms with Crippen molar-refractivity contribution in [3.8, 4) is 0 Å². The molecule has 104 valence electrons. The van der Waals surface area contributed by atoms with Gasteiger partial charge in [0, 0.05) is 19.2 Å². The Balaban J connectivity index is 3.10. The van der Waals surface area contributed by atoms with Gasteiger partial charge in [-0.1, -0.05) is 24.6 Å². The molecule has 7 heteroatoms. The number of nitro benzene ring substituents is 1. The summed E-state index contributed by atoms with van der Waals surface area (Å²) in [6.45, 7) is 2.36. The molecule has 6 nitrogen and oxygen atoms in total. The monoisotopic (exact) mass is 286 g/mol. The lowest BCUT2D eigenvalue weighted by atomic mass is 10.1. The molecule has 0 heterocycles. The second-order valence-electron chi connectivity index (χ2n) is 3.91. The number of aliphatic hydroxyl groups is 1. The van der Waals surface area contributed by atoms with E-state index in [4.69, 9.17) is 16.7 Å². The van der Waals surface area contributed by atoms with E-state index in [0.29, 0.717) is 6.54 Å². The predicted octanol–water partition coefficient (Wildman–Crippen LogP) is 2.09. The molecule has 0 bridgehead atoms. The average molecular weight is 287 g/mol. The number of aliphatic hydroxyl groups excluding tert-OH is 1. The Labute approximate surface area is 115 Å². The van der Waals surface area contributed by atoms with Crippen molar-refractivity contribution in [3.63, 3.8) is 0 Å². The van der Waals surface area contributed by atoms with Crippen LogP contribution in [0.25, 0.3) is 0 Å². The molecule has 1 aromatic carbocycles. The Morgan fingerprint density at radius 3 is 2.68 bits per heavy atom. The van der Waals surface area contributed by atoms with E-state index in [0.717, 1.165) is 6.42 Å². The van der Waals surface area contributed by atoms with E-state index in [9.17, 15) is 14.9 Å². The van der Waals surface area contributed by atoms with E-state index in [1.807, 2.05) is 6.92 Å². The third-order valence-electron chi connectivity index (χ3n) is 2.56. The van der Waals surface area contributed by atoms with Gasteiger partial charge in [-0.25, -0.2) is 0 Å². The first kappa shape index (κ1) is 15.4. The molecule has 0 saturated carbocycles. The SMILES string of the molecule is CCCN(CCO)C(=O)c1cccc([N+](=O)[O-])c1Cl. The van der Waals surface area contributed by atoms with Crippen molar-refractivity contribution in [1.82, 2.24) is 4.90 Å². The van der Waals surface area contributed by atoms with Crippen LogP contribution in [0.3, 0.4) is 0 Å². The van der Waals surface area contributed by atoms with Crippen LogP contribution in [0.4, 0.5) is 5.69 Å². The van der Waals surface area contributed by atoms with Gasteiger partial charge in [0.05, 0.1) is 17.1 Å². The van der Waals surface area contributed by atoms with E-state index >= 15 is 0 Å². The number of benzene rings is 1.